The quantitative estimate of drug-likeness (QED) is 0.457. The van der Waals surface area contributed by atoms with Crippen LogP contribution in [0.25, 0.3) is 0 Å². The highest BCUT2D eigenvalue weighted by Crippen LogP contribution is 2.28. The van der Waals surface area contributed by atoms with E-state index in [-0.39, 0.29) is 49.0 Å². The molecule has 1 atom stereocenters. The molecule has 1 aromatic heterocycles. The average molecular weight is 478 g/mol. The fourth-order valence-electron chi connectivity index (χ4n) is 2.42. The minimum atomic E-state index is -4.49. The number of ether oxygens (including phenoxy) is 1. The first-order chi connectivity index (χ1) is 15.0. The first kappa shape index (κ1) is 25.3. The predicted octanol–water partition coefficient (Wildman–Crippen LogP) is 2.85. The van der Waals surface area contributed by atoms with E-state index in [1.807, 2.05) is 0 Å². The monoisotopic (exact) mass is 477 g/mol. The number of aromatic nitrogens is 1. The van der Waals surface area contributed by atoms with Crippen LogP contribution in [-0.4, -0.2) is 41.2 Å². The molecule has 2 rings (SSSR count). The third kappa shape index (κ3) is 8.67. The molecule has 0 spiro atoms. The van der Waals surface area contributed by atoms with Crippen LogP contribution in [0, 0.1) is 5.82 Å². The Hall–Kier alpha value is -2.92. The van der Waals surface area contributed by atoms with Crippen LogP contribution in [0.1, 0.15) is 24.1 Å². The molecular weight excluding hydrogens is 458 g/mol. The second-order valence-corrected chi connectivity index (χ2v) is 7.08. The Bertz CT molecular complexity index is 926. The van der Waals surface area contributed by atoms with Crippen molar-refractivity contribution in [2.24, 2.45) is 0 Å². The molecule has 174 valence electrons. The average Bonchev–Trinajstić information content (AvgIpc) is 2.72. The smallest absolute Gasteiger partial charge is 0.417 e. The molecule has 3 N–H and O–H groups in total. The number of rotatable bonds is 10. The zero-order chi connectivity index (χ0) is 23.7. The van der Waals surface area contributed by atoms with Gasteiger partial charge in [0, 0.05) is 18.8 Å². The van der Waals surface area contributed by atoms with Crippen molar-refractivity contribution < 1.29 is 37.0 Å². The molecule has 0 aliphatic carbocycles. The van der Waals surface area contributed by atoms with E-state index in [4.69, 9.17) is 16.3 Å². The van der Waals surface area contributed by atoms with E-state index in [1.54, 1.807) is 0 Å². The van der Waals surface area contributed by atoms with Gasteiger partial charge in [-0.2, -0.15) is 13.2 Å². The van der Waals surface area contributed by atoms with Crippen LogP contribution in [0.5, 0.6) is 5.75 Å². The molecule has 7 nitrogen and oxygen atoms in total. The molecule has 0 saturated carbocycles. The Morgan fingerprint density at radius 3 is 2.53 bits per heavy atom. The number of pyridine rings is 1. The van der Waals surface area contributed by atoms with Crippen LogP contribution < -0.4 is 15.4 Å². The van der Waals surface area contributed by atoms with Gasteiger partial charge in [0.25, 0.3) is 5.91 Å². The van der Waals surface area contributed by atoms with Crippen LogP contribution in [0.3, 0.4) is 0 Å². The van der Waals surface area contributed by atoms with Crippen molar-refractivity contribution in [3.05, 3.63) is 58.6 Å². The normalized spacial score (nSPS) is 12.2. The summed E-state index contributed by atoms with van der Waals surface area (Å²) < 4.78 is 55.9. The summed E-state index contributed by atoms with van der Waals surface area (Å²) >= 11 is 5.55. The van der Waals surface area contributed by atoms with E-state index in [0.29, 0.717) is 6.20 Å². The summed E-state index contributed by atoms with van der Waals surface area (Å²) in [6.45, 7) is -0.410. The summed E-state index contributed by atoms with van der Waals surface area (Å²) in [6.07, 6.45) is -5.06. The number of carbonyl (C=O) groups is 2. The Morgan fingerprint density at radius 2 is 1.91 bits per heavy atom. The Labute approximate surface area is 185 Å². The Kier molecular flexibility index (Phi) is 9.21. The minimum Gasteiger partial charge on any atom is -0.484 e. The van der Waals surface area contributed by atoms with Gasteiger partial charge >= 0.3 is 6.18 Å². The molecule has 1 unspecified atom stereocenters. The van der Waals surface area contributed by atoms with Crippen molar-refractivity contribution in [3.63, 3.8) is 0 Å². The number of hydrogen-bond acceptors (Lipinski definition) is 5. The summed E-state index contributed by atoms with van der Waals surface area (Å²) in [5.74, 6) is -1.59. The first-order valence-electron chi connectivity index (χ1n) is 9.36. The maximum absolute atomic E-state index is 13.3. The van der Waals surface area contributed by atoms with Gasteiger partial charge < -0.3 is 20.5 Å². The minimum absolute atomic E-state index is 0.0616. The number of aliphatic hydroxyl groups is 1. The highest BCUT2D eigenvalue weighted by atomic mass is 35.5. The second kappa shape index (κ2) is 11.6. The van der Waals surface area contributed by atoms with Gasteiger partial charge in [-0.05, 0) is 30.7 Å². The third-order valence-electron chi connectivity index (χ3n) is 4.10. The number of halogens is 5. The Morgan fingerprint density at radius 1 is 1.16 bits per heavy atom. The first-order valence-corrected chi connectivity index (χ1v) is 9.74. The van der Waals surface area contributed by atoms with Crippen LogP contribution in [0.4, 0.5) is 17.6 Å². The lowest BCUT2D eigenvalue weighted by molar-refractivity contribution is -0.138. The summed E-state index contributed by atoms with van der Waals surface area (Å²) in [7, 11) is 0. The Balaban J connectivity index is 1.62. The molecule has 0 aliphatic heterocycles. The molecule has 0 fully saturated rings. The maximum atomic E-state index is 13.3. The van der Waals surface area contributed by atoms with E-state index >= 15 is 0 Å². The van der Waals surface area contributed by atoms with Gasteiger partial charge in [-0.1, -0.05) is 11.6 Å². The maximum Gasteiger partial charge on any atom is 0.417 e. The molecule has 0 radical (unpaired) electrons. The molecule has 32 heavy (non-hydrogen) atoms. The van der Waals surface area contributed by atoms with Crippen LogP contribution in [0.2, 0.25) is 5.02 Å². The van der Waals surface area contributed by atoms with E-state index in [0.717, 1.165) is 18.2 Å². The van der Waals surface area contributed by atoms with Gasteiger partial charge in [0.2, 0.25) is 5.91 Å². The molecule has 2 aromatic rings. The third-order valence-corrected chi connectivity index (χ3v) is 4.41. The summed E-state index contributed by atoms with van der Waals surface area (Å²) in [4.78, 5) is 27.2. The fourth-order valence-corrected chi connectivity index (χ4v) is 2.54. The SMILES string of the molecule is O=C(COc1ccc(Cl)c(F)c1)NCCC(O)CC(=O)NCc1ccc(C(F)(F)F)cn1. The number of carbonyl (C=O) groups excluding carboxylic acids is 2. The van der Waals surface area contributed by atoms with Crippen molar-refractivity contribution in [2.75, 3.05) is 13.2 Å². The van der Waals surface area contributed by atoms with Crippen molar-refractivity contribution in [2.45, 2.75) is 31.7 Å². The summed E-state index contributed by atoms with van der Waals surface area (Å²) in [6, 6.07) is 5.74. The predicted molar refractivity (Wildman–Crippen MR) is 106 cm³/mol. The van der Waals surface area contributed by atoms with Crippen molar-refractivity contribution >= 4 is 23.4 Å². The number of amides is 2. The number of benzene rings is 1. The van der Waals surface area contributed by atoms with Crippen LogP contribution >= 0.6 is 11.6 Å². The zero-order valence-electron chi connectivity index (χ0n) is 16.6. The van der Waals surface area contributed by atoms with Crippen LogP contribution in [0.15, 0.2) is 36.5 Å². The number of hydrogen-bond donors (Lipinski definition) is 3. The number of aliphatic hydroxyl groups excluding tert-OH is 1. The highest BCUT2D eigenvalue weighted by Gasteiger charge is 2.30. The van der Waals surface area contributed by atoms with Gasteiger partial charge in [0.15, 0.2) is 6.61 Å². The lowest BCUT2D eigenvalue weighted by Crippen LogP contribution is -2.33. The molecular formula is C20H20ClF4N3O4. The van der Waals surface area contributed by atoms with E-state index in [1.165, 1.54) is 12.1 Å². The lowest BCUT2D eigenvalue weighted by Gasteiger charge is -2.12. The van der Waals surface area contributed by atoms with Gasteiger partial charge in [-0.25, -0.2) is 4.39 Å². The molecule has 2 amide bonds. The zero-order valence-corrected chi connectivity index (χ0v) is 17.3. The van der Waals surface area contributed by atoms with Gasteiger partial charge in [0.05, 0.1) is 35.3 Å². The van der Waals surface area contributed by atoms with Crippen molar-refractivity contribution in [1.29, 1.82) is 0 Å². The van der Waals surface area contributed by atoms with E-state index in [9.17, 15) is 32.3 Å². The number of nitrogens with one attached hydrogen (secondary N) is 2. The van der Waals surface area contributed by atoms with Crippen molar-refractivity contribution in [1.82, 2.24) is 15.6 Å². The van der Waals surface area contributed by atoms with Crippen molar-refractivity contribution in [3.8, 4) is 5.75 Å². The lowest BCUT2D eigenvalue weighted by atomic mass is 10.1. The molecule has 1 aromatic carbocycles. The molecule has 0 bridgehead atoms. The number of nitrogens with zero attached hydrogens (tertiary/aromatic N) is 1. The van der Waals surface area contributed by atoms with E-state index < -0.39 is 35.5 Å². The largest absolute Gasteiger partial charge is 0.484 e. The molecule has 0 saturated heterocycles. The standard InChI is InChI=1S/C20H20ClF4N3O4/c21-16-4-3-15(8-17(16)22)32-11-19(31)26-6-5-14(29)7-18(30)28-10-13-2-1-12(9-27-13)20(23,24)25/h1-4,8-9,14,29H,5-7,10-11H2,(H,26,31)(H,28,30). The highest BCUT2D eigenvalue weighted by molar-refractivity contribution is 6.30. The topological polar surface area (TPSA) is 101 Å². The van der Waals surface area contributed by atoms with Gasteiger partial charge in [-0.15, -0.1) is 0 Å². The molecule has 0 aliphatic rings. The van der Waals surface area contributed by atoms with Gasteiger partial charge in [-0.3, -0.25) is 14.6 Å². The second-order valence-electron chi connectivity index (χ2n) is 6.67. The van der Waals surface area contributed by atoms with Gasteiger partial charge in [0.1, 0.15) is 11.6 Å². The fraction of sp³-hybridized carbons (Fsp3) is 0.350. The van der Waals surface area contributed by atoms with Crippen LogP contribution in [-0.2, 0) is 22.3 Å². The van der Waals surface area contributed by atoms with E-state index in [2.05, 4.69) is 15.6 Å². The molecule has 1 heterocycles. The summed E-state index contributed by atoms with van der Waals surface area (Å²) in [5.41, 5.74) is -0.663. The number of alkyl halides is 3. The molecule has 12 heteroatoms. The summed E-state index contributed by atoms with van der Waals surface area (Å²) in [5, 5.41) is 14.7.